The van der Waals surface area contributed by atoms with Crippen LogP contribution in [0.15, 0.2) is 40.9 Å². The third-order valence-corrected chi connectivity index (χ3v) is 2.92. The van der Waals surface area contributed by atoms with Crippen LogP contribution in [0.5, 0.6) is 0 Å². The largest absolute Gasteiger partial charge is 0.379 e. The van der Waals surface area contributed by atoms with Crippen molar-refractivity contribution in [3.8, 4) is 0 Å². The first kappa shape index (κ1) is 9.78. The van der Waals surface area contributed by atoms with Crippen LogP contribution in [0.2, 0.25) is 0 Å². The maximum absolute atomic E-state index is 3.50. The van der Waals surface area contributed by atoms with Crippen molar-refractivity contribution in [1.29, 1.82) is 0 Å². The van der Waals surface area contributed by atoms with Crippen molar-refractivity contribution in [2.45, 2.75) is 25.3 Å². The Kier molecular flexibility index (Phi) is 3.25. The van der Waals surface area contributed by atoms with E-state index in [1.165, 1.54) is 24.9 Å². The second-order valence-electron chi connectivity index (χ2n) is 3.62. The Morgan fingerprint density at radius 2 is 2.29 bits per heavy atom. The molecule has 74 valence electrons. The van der Waals surface area contributed by atoms with Crippen molar-refractivity contribution in [2.75, 3.05) is 5.32 Å². The Balaban J connectivity index is 2.02. The summed E-state index contributed by atoms with van der Waals surface area (Å²) >= 11 is 3.47. The zero-order valence-electron chi connectivity index (χ0n) is 8.04. The lowest BCUT2D eigenvalue weighted by Crippen LogP contribution is -2.18. The van der Waals surface area contributed by atoms with E-state index in [1.807, 2.05) is 6.07 Å². The van der Waals surface area contributed by atoms with Gasteiger partial charge in [0.2, 0.25) is 0 Å². The first-order chi connectivity index (χ1) is 6.84. The molecule has 14 heavy (non-hydrogen) atoms. The highest BCUT2D eigenvalue weighted by atomic mass is 79.9. The Hall–Kier alpha value is -0.760. The van der Waals surface area contributed by atoms with E-state index in [1.54, 1.807) is 0 Å². The lowest BCUT2D eigenvalue weighted by molar-refractivity contribution is 0.674. The zero-order valence-corrected chi connectivity index (χ0v) is 9.63. The van der Waals surface area contributed by atoms with Gasteiger partial charge in [0.25, 0.3) is 0 Å². The number of rotatable bonds is 2. The third-order valence-electron chi connectivity index (χ3n) is 2.43. The third kappa shape index (κ3) is 2.61. The van der Waals surface area contributed by atoms with Crippen LogP contribution in [-0.2, 0) is 0 Å². The number of hydrogen-bond acceptors (Lipinski definition) is 1. The Morgan fingerprint density at radius 3 is 3.00 bits per heavy atom. The summed E-state index contributed by atoms with van der Waals surface area (Å²) in [5.74, 6) is 0. The highest BCUT2D eigenvalue weighted by Crippen LogP contribution is 2.19. The average Bonchev–Trinajstić information content (AvgIpc) is 2.19. The van der Waals surface area contributed by atoms with Gasteiger partial charge in [-0.3, -0.25) is 0 Å². The second kappa shape index (κ2) is 4.65. The lowest BCUT2D eigenvalue weighted by atomic mass is 10.0. The normalized spacial score (nSPS) is 20.8. The molecule has 0 saturated heterocycles. The van der Waals surface area contributed by atoms with Gasteiger partial charge in [0, 0.05) is 16.2 Å². The molecule has 0 saturated carbocycles. The van der Waals surface area contributed by atoms with Crippen LogP contribution in [-0.4, -0.2) is 6.04 Å². The topological polar surface area (TPSA) is 12.0 Å². The average molecular weight is 252 g/mol. The number of halogens is 1. The number of hydrogen-bond donors (Lipinski definition) is 1. The molecule has 0 aliphatic heterocycles. The molecule has 1 aromatic carbocycles. The van der Waals surface area contributed by atoms with Crippen molar-refractivity contribution < 1.29 is 0 Å². The van der Waals surface area contributed by atoms with Crippen LogP contribution in [0.1, 0.15) is 19.3 Å². The minimum atomic E-state index is 0.512. The van der Waals surface area contributed by atoms with Crippen LogP contribution in [0.4, 0.5) is 5.69 Å². The highest BCUT2D eigenvalue weighted by Gasteiger charge is 2.07. The van der Waals surface area contributed by atoms with E-state index >= 15 is 0 Å². The van der Waals surface area contributed by atoms with Gasteiger partial charge in [-0.15, -0.1) is 0 Å². The van der Waals surface area contributed by atoms with Crippen molar-refractivity contribution in [3.63, 3.8) is 0 Å². The fraction of sp³-hybridized carbons (Fsp3) is 0.333. The molecular weight excluding hydrogens is 238 g/mol. The Bertz CT molecular complexity index is 333. The van der Waals surface area contributed by atoms with Crippen molar-refractivity contribution in [1.82, 2.24) is 0 Å². The minimum absolute atomic E-state index is 0.512. The van der Waals surface area contributed by atoms with Gasteiger partial charge in [-0.05, 0) is 37.5 Å². The quantitative estimate of drug-likeness (QED) is 0.785. The van der Waals surface area contributed by atoms with Gasteiger partial charge in [0.15, 0.2) is 0 Å². The van der Waals surface area contributed by atoms with Crippen molar-refractivity contribution in [2.24, 2.45) is 0 Å². The minimum Gasteiger partial charge on any atom is -0.379 e. The summed E-state index contributed by atoms with van der Waals surface area (Å²) < 4.78 is 1.13. The summed E-state index contributed by atoms with van der Waals surface area (Å²) in [5.41, 5.74) is 1.19. The van der Waals surface area contributed by atoms with Crippen molar-refractivity contribution >= 4 is 21.6 Å². The molecule has 1 aromatic rings. The van der Waals surface area contributed by atoms with E-state index in [0.29, 0.717) is 6.04 Å². The molecular formula is C12H14BrN. The molecule has 1 aliphatic rings. The summed E-state index contributed by atoms with van der Waals surface area (Å²) in [6.45, 7) is 0. The number of anilines is 1. The van der Waals surface area contributed by atoms with Gasteiger partial charge in [-0.25, -0.2) is 0 Å². The van der Waals surface area contributed by atoms with E-state index < -0.39 is 0 Å². The molecule has 1 nitrogen and oxygen atoms in total. The van der Waals surface area contributed by atoms with Crippen molar-refractivity contribution in [3.05, 3.63) is 40.9 Å². The smallest absolute Gasteiger partial charge is 0.0444 e. The van der Waals surface area contributed by atoms with E-state index in [2.05, 4.69) is 51.6 Å². The van der Waals surface area contributed by atoms with E-state index in [4.69, 9.17) is 0 Å². The molecule has 1 N–H and O–H groups in total. The van der Waals surface area contributed by atoms with Gasteiger partial charge in [0.1, 0.15) is 0 Å². The van der Waals surface area contributed by atoms with Crippen LogP contribution in [0.25, 0.3) is 0 Å². The van der Waals surface area contributed by atoms with Gasteiger partial charge in [0.05, 0.1) is 0 Å². The summed E-state index contributed by atoms with van der Waals surface area (Å²) in [6, 6.07) is 8.83. The first-order valence-corrected chi connectivity index (χ1v) is 5.83. The van der Waals surface area contributed by atoms with Crippen LogP contribution in [0, 0.1) is 0 Å². The molecule has 0 spiro atoms. The van der Waals surface area contributed by atoms with Gasteiger partial charge >= 0.3 is 0 Å². The van der Waals surface area contributed by atoms with Gasteiger partial charge in [-0.2, -0.15) is 0 Å². The lowest BCUT2D eigenvalue weighted by Gasteiger charge is -2.19. The first-order valence-electron chi connectivity index (χ1n) is 5.03. The Labute approximate surface area is 93.3 Å². The number of allylic oxidation sites excluding steroid dienone is 1. The summed E-state index contributed by atoms with van der Waals surface area (Å²) in [6.07, 6.45) is 8.30. The molecule has 0 fully saturated rings. The molecule has 1 aliphatic carbocycles. The molecule has 2 heteroatoms. The standard InChI is InChI=1S/C12H14BrN/c13-10-5-4-8-12(9-10)14-11-6-2-1-3-7-11/h2,4-6,8-9,11,14H,1,3,7H2. The van der Waals surface area contributed by atoms with Gasteiger partial charge < -0.3 is 5.32 Å². The van der Waals surface area contributed by atoms with Crippen LogP contribution in [0.3, 0.4) is 0 Å². The predicted octanol–water partition coefficient (Wildman–Crippen LogP) is 3.97. The molecule has 2 rings (SSSR count). The Morgan fingerprint density at radius 1 is 1.36 bits per heavy atom. The highest BCUT2D eigenvalue weighted by molar-refractivity contribution is 9.10. The monoisotopic (exact) mass is 251 g/mol. The second-order valence-corrected chi connectivity index (χ2v) is 4.54. The molecule has 1 unspecified atom stereocenters. The maximum atomic E-state index is 3.50. The molecule has 0 amide bonds. The summed E-state index contributed by atoms with van der Waals surface area (Å²) in [5, 5.41) is 3.50. The predicted molar refractivity (Wildman–Crippen MR) is 64.5 cm³/mol. The van der Waals surface area contributed by atoms with Crippen LogP contribution >= 0.6 is 15.9 Å². The van der Waals surface area contributed by atoms with E-state index in [-0.39, 0.29) is 0 Å². The van der Waals surface area contributed by atoms with Crippen LogP contribution < -0.4 is 5.32 Å². The fourth-order valence-corrected chi connectivity index (χ4v) is 2.12. The summed E-state index contributed by atoms with van der Waals surface area (Å²) in [4.78, 5) is 0. The number of nitrogens with one attached hydrogen (secondary N) is 1. The zero-order chi connectivity index (χ0) is 9.80. The van der Waals surface area contributed by atoms with Gasteiger partial charge in [-0.1, -0.05) is 34.1 Å². The van der Waals surface area contributed by atoms with E-state index in [9.17, 15) is 0 Å². The van der Waals surface area contributed by atoms with E-state index in [0.717, 1.165) is 4.47 Å². The molecule has 1 atom stereocenters. The SMILES string of the molecule is Brc1cccc(NC2C=CCCC2)c1. The molecule has 0 bridgehead atoms. The molecule has 0 aromatic heterocycles. The maximum Gasteiger partial charge on any atom is 0.0444 e. The molecule has 0 heterocycles. The number of benzene rings is 1. The molecule has 0 radical (unpaired) electrons. The summed E-state index contributed by atoms with van der Waals surface area (Å²) in [7, 11) is 0. The fourth-order valence-electron chi connectivity index (χ4n) is 1.72.